The van der Waals surface area contributed by atoms with Crippen LogP contribution in [0.15, 0.2) is 72.8 Å². The minimum absolute atomic E-state index is 0.513. The zero-order valence-electron chi connectivity index (χ0n) is 17.4. The first-order chi connectivity index (χ1) is 14.2. The predicted molar refractivity (Wildman–Crippen MR) is 117 cm³/mol. The molecule has 3 aromatic carbocycles. The van der Waals surface area contributed by atoms with E-state index >= 15 is 0 Å². The number of methoxy groups -OCH3 is 2. The van der Waals surface area contributed by atoms with Crippen LogP contribution in [0.4, 0.5) is 0 Å². The van der Waals surface area contributed by atoms with Gasteiger partial charge in [0.15, 0.2) is 11.5 Å². The van der Waals surface area contributed by atoms with Gasteiger partial charge >= 0.3 is 0 Å². The van der Waals surface area contributed by atoms with Gasteiger partial charge in [0.05, 0.1) is 14.2 Å². The van der Waals surface area contributed by atoms with Crippen LogP contribution in [0.1, 0.15) is 16.7 Å². The third-order valence-electron chi connectivity index (χ3n) is 4.90. The number of nitrogens with zero attached hydrogens (tertiary/aromatic N) is 1. The molecule has 0 radical (unpaired) electrons. The highest BCUT2D eigenvalue weighted by Gasteiger charge is 2.13. The smallest absolute Gasteiger partial charge is 0.166 e. The quantitative estimate of drug-likeness (QED) is 0.489. The molecule has 3 rings (SSSR count). The van der Waals surface area contributed by atoms with Crippen molar-refractivity contribution in [3.63, 3.8) is 0 Å². The normalized spacial score (nSPS) is 10.8. The lowest BCUT2D eigenvalue weighted by atomic mass is 10.1. The van der Waals surface area contributed by atoms with Gasteiger partial charge in [0, 0.05) is 18.7 Å². The van der Waals surface area contributed by atoms with Crippen molar-refractivity contribution in [3.05, 3.63) is 89.5 Å². The Morgan fingerprint density at radius 2 is 1.38 bits per heavy atom. The second-order valence-corrected chi connectivity index (χ2v) is 7.02. The molecule has 0 spiro atoms. The lowest BCUT2D eigenvalue weighted by Gasteiger charge is -2.21. The summed E-state index contributed by atoms with van der Waals surface area (Å²) in [5, 5.41) is 0. The first-order valence-electron chi connectivity index (χ1n) is 9.84. The highest BCUT2D eigenvalue weighted by Crippen LogP contribution is 2.32. The van der Waals surface area contributed by atoms with Crippen molar-refractivity contribution >= 4 is 0 Å². The van der Waals surface area contributed by atoms with E-state index in [4.69, 9.17) is 14.2 Å². The summed E-state index contributed by atoms with van der Waals surface area (Å²) in [6.45, 7) is 2.20. The zero-order valence-corrected chi connectivity index (χ0v) is 17.4. The van der Waals surface area contributed by atoms with Crippen molar-refractivity contribution in [2.45, 2.75) is 19.6 Å². The molecule has 0 aliphatic carbocycles. The van der Waals surface area contributed by atoms with Gasteiger partial charge in [-0.2, -0.15) is 0 Å². The number of likely N-dealkylation sites (N-methyl/N-ethyl adjacent to an activating group) is 1. The molecule has 0 bridgehead atoms. The van der Waals surface area contributed by atoms with E-state index in [0.717, 1.165) is 47.9 Å². The second-order valence-electron chi connectivity index (χ2n) is 7.02. The molecule has 3 aromatic rings. The van der Waals surface area contributed by atoms with Gasteiger partial charge in [-0.3, -0.25) is 0 Å². The van der Waals surface area contributed by atoms with E-state index in [-0.39, 0.29) is 0 Å². The van der Waals surface area contributed by atoms with Crippen LogP contribution < -0.4 is 14.2 Å². The number of hydrogen-bond acceptors (Lipinski definition) is 4. The fourth-order valence-corrected chi connectivity index (χ4v) is 3.33. The van der Waals surface area contributed by atoms with Crippen molar-refractivity contribution < 1.29 is 14.2 Å². The molecule has 0 heterocycles. The Labute approximate surface area is 173 Å². The Hall–Kier alpha value is -2.98. The topological polar surface area (TPSA) is 30.9 Å². The molecule has 29 heavy (non-hydrogen) atoms. The summed E-state index contributed by atoms with van der Waals surface area (Å²) in [6, 6.07) is 24.4. The minimum atomic E-state index is 0.513. The average Bonchev–Trinajstić information content (AvgIpc) is 2.77. The van der Waals surface area contributed by atoms with Crippen molar-refractivity contribution in [1.29, 1.82) is 0 Å². The van der Waals surface area contributed by atoms with Gasteiger partial charge in [0.1, 0.15) is 12.4 Å². The van der Waals surface area contributed by atoms with Gasteiger partial charge in [-0.05, 0) is 36.7 Å². The molecule has 4 nitrogen and oxygen atoms in total. The predicted octanol–water partition coefficient (Wildman–Crippen LogP) is 4.96. The lowest BCUT2D eigenvalue weighted by molar-refractivity contribution is 0.269. The fraction of sp³-hybridized carbons (Fsp3) is 0.280. The molecule has 0 unspecified atom stereocenters. The molecule has 0 aliphatic heterocycles. The first-order valence-corrected chi connectivity index (χ1v) is 9.84. The lowest BCUT2D eigenvalue weighted by Crippen LogP contribution is -2.21. The zero-order chi connectivity index (χ0) is 20.5. The number of rotatable bonds is 10. The van der Waals surface area contributed by atoms with E-state index in [0.29, 0.717) is 6.61 Å². The molecule has 0 amide bonds. The maximum absolute atomic E-state index is 6.17. The van der Waals surface area contributed by atoms with E-state index in [1.807, 2.05) is 42.5 Å². The van der Waals surface area contributed by atoms with Crippen molar-refractivity contribution in [3.8, 4) is 17.2 Å². The van der Waals surface area contributed by atoms with E-state index in [1.54, 1.807) is 14.2 Å². The van der Waals surface area contributed by atoms with Crippen LogP contribution >= 0.6 is 0 Å². The van der Waals surface area contributed by atoms with E-state index < -0.39 is 0 Å². The van der Waals surface area contributed by atoms with Crippen LogP contribution in [0, 0.1) is 0 Å². The summed E-state index contributed by atoms with van der Waals surface area (Å²) in [4.78, 5) is 2.29. The molecule has 0 fully saturated rings. The molecule has 0 aromatic heterocycles. The summed E-state index contributed by atoms with van der Waals surface area (Å²) >= 11 is 0. The van der Waals surface area contributed by atoms with Gasteiger partial charge in [-0.1, -0.05) is 60.7 Å². The molecule has 4 heteroatoms. The average molecular weight is 392 g/mol. The number of benzene rings is 3. The maximum atomic E-state index is 6.17. The van der Waals surface area contributed by atoms with Crippen LogP contribution in [0.5, 0.6) is 17.2 Å². The Kier molecular flexibility index (Phi) is 7.54. The molecule has 0 aliphatic rings. The molecule has 0 saturated heterocycles. The largest absolute Gasteiger partial charge is 0.496 e. The Morgan fingerprint density at radius 3 is 2.14 bits per heavy atom. The van der Waals surface area contributed by atoms with E-state index in [2.05, 4.69) is 42.3 Å². The fourth-order valence-electron chi connectivity index (χ4n) is 3.33. The highest BCUT2D eigenvalue weighted by molar-refractivity contribution is 5.46. The van der Waals surface area contributed by atoms with Gasteiger partial charge in [-0.15, -0.1) is 0 Å². The van der Waals surface area contributed by atoms with Gasteiger partial charge in [0.2, 0.25) is 0 Å². The summed E-state index contributed by atoms with van der Waals surface area (Å²) in [5.74, 6) is 2.51. The first kappa shape index (κ1) is 20.7. The Bertz CT molecular complexity index is 896. The van der Waals surface area contributed by atoms with Crippen LogP contribution in [0.25, 0.3) is 0 Å². The standard InChI is InChI=1S/C25H29NO3/c1-26(17-16-21-12-7-8-14-23(21)27-2)18-22-13-9-15-24(28-3)25(22)29-19-20-10-5-4-6-11-20/h4-15H,16-19H2,1-3H3. The Balaban J connectivity index is 1.67. The van der Waals surface area contributed by atoms with Crippen LogP contribution in [-0.4, -0.2) is 32.7 Å². The third kappa shape index (κ3) is 5.75. The molecular formula is C25H29NO3. The number of hydrogen-bond donors (Lipinski definition) is 0. The summed E-state index contributed by atoms with van der Waals surface area (Å²) < 4.78 is 17.2. The van der Waals surface area contributed by atoms with Crippen LogP contribution in [0.3, 0.4) is 0 Å². The van der Waals surface area contributed by atoms with Gasteiger partial charge in [0.25, 0.3) is 0 Å². The molecule has 0 N–H and O–H groups in total. The van der Waals surface area contributed by atoms with Crippen LogP contribution in [0.2, 0.25) is 0 Å². The summed E-state index contributed by atoms with van der Waals surface area (Å²) in [5.41, 5.74) is 3.46. The number of ether oxygens (including phenoxy) is 3. The molecule has 0 atom stereocenters. The minimum Gasteiger partial charge on any atom is -0.496 e. The van der Waals surface area contributed by atoms with E-state index in [1.165, 1.54) is 5.56 Å². The van der Waals surface area contributed by atoms with E-state index in [9.17, 15) is 0 Å². The number of para-hydroxylation sites is 2. The summed E-state index contributed by atoms with van der Waals surface area (Å²) in [7, 11) is 5.52. The monoisotopic (exact) mass is 391 g/mol. The summed E-state index contributed by atoms with van der Waals surface area (Å²) in [6.07, 6.45) is 0.921. The van der Waals surface area contributed by atoms with Crippen molar-refractivity contribution in [2.75, 3.05) is 27.8 Å². The molecule has 152 valence electrons. The maximum Gasteiger partial charge on any atom is 0.166 e. The Morgan fingerprint density at radius 1 is 0.724 bits per heavy atom. The van der Waals surface area contributed by atoms with Crippen molar-refractivity contribution in [1.82, 2.24) is 4.90 Å². The van der Waals surface area contributed by atoms with Crippen molar-refractivity contribution in [2.24, 2.45) is 0 Å². The molecule has 0 saturated carbocycles. The highest BCUT2D eigenvalue weighted by atomic mass is 16.5. The van der Waals surface area contributed by atoms with Gasteiger partial charge < -0.3 is 19.1 Å². The SMILES string of the molecule is COc1ccccc1CCN(C)Cc1cccc(OC)c1OCc1ccccc1. The molecular weight excluding hydrogens is 362 g/mol. The second kappa shape index (κ2) is 10.5. The third-order valence-corrected chi connectivity index (χ3v) is 4.90. The van der Waals surface area contributed by atoms with Crippen LogP contribution in [-0.2, 0) is 19.6 Å². The van der Waals surface area contributed by atoms with Gasteiger partial charge in [-0.25, -0.2) is 0 Å².